The highest BCUT2D eigenvalue weighted by Crippen LogP contribution is 2.23. The lowest BCUT2D eigenvalue weighted by Gasteiger charge is -2.20. The van der Waals surface area contributed by atoms with E-state index in [0.29, 0.717) is 13.0 Å². The van der Waals surface area contributed by atoms with Gasteiger partial charge in [0.1, 0.15) is 0 Å². The second-order valence-electron chi connectivity index (χ2n) is 5.48. The van der Waals surface area contributed by atoms with Gasteiger partial charge in [0, 0.05) is 19.6 Å². The predicted molar refractivity (Wildman–Crippen MR) is 72.7 cm³/mol. The Morgan fingerprint density at radius 2 is 2.11 bits per heavy atom. The summed E-state index contributed by atoms with van der Waals surface area (Å²) in [6.07, 6.45) is 1.10. The molecule has 1 N–H and O–H groups in total. The normalized spacial score (nSPS) is 23.5. The van der Waals surface area contributed by atoms with Crippen molar-refractivity contribution >= 4 is 5.97 Å². The van der Waals surface area contributed by atoms with E-state index in [1.165, 1.54) is 7.11 Å². The van der Waals surface area contributed by atoms with Crippen LogP contribution in [0.1, 0.15) is 24.5 Å². The minimum absolute atomic E-state index is 0.221. The summed E-state index contributed by atoms with van der Waals surface area (Å²) in [6, 6.07) is 7.90. The topological polar surface area (TPSA) is 49.8 Å². The summed E-state index contributed by atoms with van der Waals surface area (Å²) in [5, 5.41) is 9.98. The number of benzene rings is 1. The van der Waals surface area contributed by atoms with Gasteiger partial charge in [-0.05, 0) is 24.5 Å². The lowest BCUT2D eigenvalue weighted by molar-refractivity contribution is -0.139. The van der Waals surface area contributed by atoms with E-state index in [9.17, 15) is 9.90 Å². The number of methoxy groups -OCH3 is 1. The molecule has 1 unspecified atom stereocenters. The van der Waals surface area contributed by atoms with Crippen LogP contribution in [-0.4, -0.2) is 41.8 Å². The van der Waals surface area contributed by atoms with Crippen LogP contribution in [0.3, 0.4) is 0 Å². The molecule has 0 aromatic heterocycles. The smallest absolute Gasteiger partial charge is 0.309 e. The number of rotatable bonds is 4. The zero-order valence-electron chi connectivity index (χ0n) is 11.6. The fraction of sp³-hybridized carbons (Fsp3) is 0.533. The number of hydrogen-bond donors (Lipinski definition) is 1. The lowest BCUT2D eigenvalue weighted by atomic mass is 10.0. The monoisotopic (exact) mass is 263 g/mol. The molecule has 1 saturated heterocycles. The first-order chi connectivity index (χ1) is 9.00. The Kier molecular flexibility index (Phi) is 4.22. The first-order valence-electron chi connectivity index (χ1n) is 6.58. The first kappa shape index (κ1) is 14.0. The fourth-order valence-corrected chi connectivity index (χ4v) is 2.53. The fourth-order valence-electron chi connectivity index (χ4n) is 2.53. The van der Waals surface area contributed by atoms with Crippen LogP contribution in [0.2, 0.25) is 0 Å². The van der Waals surface area contributed by atoms with Crippen LogP contribution in [0.25, 0.3) is 0 Å². The third-order valence-corrected chi connectivity index (χ3v) is 3.61. The van der Waals surface area contributed by atoms with Gasteiger partial charge in [0.25, 0.3) is 0 Å². The minimum atomic E-state index is -0.586. The van der Waals surface area contributed by atoms with Gasteiger partial charge in [-0.25, -0.2) is 0 Å². The van der Waals surface area contributed by atoms with Gasteiger partial charge < -0.3 is 9.84 Å². The van der Waals surface area contributed by atoms with E-state index in [0.717, 1.165) is 30.6 Å². The molecule has 1 atom stereocenters. The number of carbonyl (C=O) groups excluding carboxylic acids is 1. The van der Waals surface area contributed by atoms with Gasteiger partial charge in [-0.3, -0.25) is 9.69 Å². The van der Waals surface area contributed by atoms with Gasteiger partial charge in [0.2, 0.25) is 0 Å². The molecule has 1 aliphatic rings. The second-order valence-corrected chi connectivity index (χ2v) is 5.48. The molecule has 19 heavy (non-hydrogen) atoms. The molecule has 0 saturated carbocycles. The van der Waals surface area contributed by atoms with Crippen LogP contribution >= 0.6 is 0 Å². The molecular formula is C15H21NO3. The highest BCUT2D eigenvalue weighted by atomic mass is 16.5. The van der Waals surface area contributed by atoms with E-state index < -0.39 is 5.60 Å². The van der Waals surface area contributed by atoms with Crippen LogP contribution in [0.5, 0.6) is 0 Å². The third kappa shape index (κ3) is 3.78. The van der Waals surface area contributed by atoms with Crippen LogP contribution in [0.4, 0.5) is 0 Å². The van der Waals surface area contributed by atoms with E-state index in [-0.39, 0.29) is 5.97 Å². The molecule has 1 fully saturated rings. The summed E-state index contributed by atoms with van der Waals surface area (Å²) in [7, 11) is 1.41. The van der Waals surface area contributed by atoms with E-state index in [1.807, 2.05) is 31.2 Å². The van der Waals surface area contributed by atoms with Gasteiger partial charge >= 0.3 is 5.97 Å². The number of carbonyl (C=O) groups is 1. The second kappa shape index (κ2) is 5.72. The minimum Gasteiger partial charge on any atom is -0.469 e. The zero-order chi connectivity index (χ0) is 13.9. The number of nitrogens with zero attached hydrogens (tertiary/aromatic N) is 1. The van der Waals surface area contributed by atoms with E-state index in [1.54, 1.807) is 0 Å². The molecule has 0 amide bonds. The molecular weight excluding hydrogens is 242 g/mol. The average Bonchev–Trinajstić information content (AvgIpc) is 2.71. The molecule has 1 aromatic rings. The number of likely N-dealkylation sites (tertiary alicyclic amines) is 1. The van der Waals surface area contributed by atoms with Crippen molar-refractivity contribution in [1.82, 2.24) is 4.90 Å². The SMILES string of the molecule is COC(=O)Cc1ccccc1CN1CCC(C)(O)C1. The predicted octanol–water partition coefficient (Wildman–Crippen LogP) is 1.36. The number of aliphatic hydroxyl groups is 1. The summed E-state index contributed by atoms with van der Waals surface area (Å²) in [6.45, 7) is 4.20. The van der Waals surface area contributed by atoms with E-state index in [2.05, 4.69) is 4.90 Å². The zero-order valence-corrected chi connectivity index (χ0v) is 11.6. The highest BCUT2D eigenvalue weighted by Gasteiger charge is 2.31. The average molecular weight is 263 g/mol. The first-order valence-corrected chi connectivity index (χ1v) is 6.58. The highest BCUT2D eigenvalue weighted by molar-refractivity contribution is 5.72. The number of ether oxygens (including phenoxy) is 1. The van der Waals surface area contributed by atoms with Gasteiger partial charge in [-0.1, -0.05) is 24.3 Å². The maximum absolute atomic E-state index is 11.4. The Hall–Kier alpha value is -1.39. The van der Waals surface area contributed by atoms with Crippen LogP contribution < -0.4 is 0 Å². The molecule has 1 aromatic carbocycles. The van der Waals surface area contributed by atoms with Crippen molar-refractivity contribution in [3.8, 4) is 0 Å². The summed E-state index contributed by atoms with van der Waals surface area (Å²) in [5.74, 6) is -0.221. The van der Waals surface area contributed by atoms with Crippen LogP contribution in [-0.2, 0) is 22.5 Å². The quantitative estimate of drug-likeness (QED) is 0.833. The Morgan fingerprint density at radius 3 is 2.68 bits per heavy atom. The van der Waals surface area contributed by atoms with Gasteiger partial charge in [0.05, 0.1) is 19.1 Å². The van der Waals surface area contributed by atoms with Crippen molar-refractivity contribution < 1.29 is 14.6 Å². The van der Waals surface area contributed by atoms with Crippen LogP contribution in [0, 0.1) is 0 Å². The van der Waals surface area contributed by atoms with Crippen molar-refractivity contribution in [3.63, 3.8) is 0 Å². The van der Waals surface area contributed by atoms with Gasteiger partial charge in [-0.15, -0.1) is 0 Å². The third-order valence-electron chi connectivity index (χ3n) is 3.61. The summed E-state index contributed by atoms with van der Waals surface area (Å²) >= 11 is 0. The Morgan fingerprint density at radius 1 is 1.42 bits per heavy atom. The standard InChI is InChI=1S/C15H21NO3/c1-15(18)7-8-16(11-15)10-13-6-4-3-5-12(13)9-14(17)19-2/h3-6,18H,7-11H2,1-2H3. The molecule has 4 heteroatoms. The van der Waals surface area contributed by atoms with Crippen molar-refractivity contribution in [2.75, 3.05) is 20.2 Å². The van der Waals surface area contributed by atoms with Crippen LogP contribution in [0.15, 0.2) is 24.3 Å². The molecule has 4 nitrogen and oxygen atoms in total. The number of hydrogen-bond acceptors (Lipinski definition) is 4. The molecule has 0 bridgehead atoms. The van der Waals surface area contributed by atoms with Crippen molar-refractivity contribution in [1.29, 1.82) is 0 Å². The Labute approximate surface area is 114 Å². The van der Waals surface area contributed by atoms with Crippen molar-refractivity contribution in [3.05, 3.63) is 35.4 Å². The summed E-state index contributed by atoms with van der Waals surface area (Å²) in [5.41, 5.74) is 1.54. The van der Waals surface area contributed by atoms with E-state index in [4.69, 9.17) is 4.74 Å². The largest absolute Gasteiger partial charge is 0.469 e. The van der Waals surface area contributed by atoms with Gasteiger partial charge in [0.15, 0.2) is 0 Å². The molecule has 0 spiro atoms. The molecule has 1 heterocycles. The summed E-state index contributed by atoms with van der Waals surface area (Å²) in [4.78, 5) is 13.6. The maximum Gasteiger partial charge on any atom is 0.309 e. The molecule has 0 radical (unpaired) electrons. The maximum atomic E-state index is 11.4. The number of esters is 1. The van der Waals surface area contributed by atoms with Crippen molar-refractivity contribution in [2.45, 2.75) is 31.9 Å². The Bertz CT molecular complexity index is 456. The molecule has 0 aliphatic carbocycles. The molecule has 1 aliphatic heterocycles. The van der Waals surface area contributed by atoms with E-state index >= 15 is 0 Å². The Balaban J connectivity index is 2.06. The van der Waals surface area contributed by atoms with Gasteiger partial charge in [-0.2, -0.15) is 0 Å². The van der Waals surface area contributed by atoms with Crippen molar-refractivity contribution in [2.24, 2.45) is 0 Å². The molecule has 2 rings (SSSR count). The molecule has 104 valence electrons. The number of β-amino-alcohol motifs (C(OH)–C–C–N with tert-alkyl or cyclic N) is 1. The summed E-state index contributed by atoms with van der Waals surface area (Å²) < 4.78 is 4.72. The lowest BCUT2D eigenvalue weighted by Crippen LogP contribution is -2.29.